The highest BCUT2D eigenvalue weighted by Gasteiger charge is 2.18. The lowest BCUT2D eigenvalue weighted by molar-refractivity contribution is 0.101. The number of nitrogens with zero attached hydrogens (tertiary/aromatic N) is 3. The monoisotopic (exact) mass is 464 g/mol. The van der Waals surface area contributed by atoms with Crippen molar-refractivity contribution in [3.05, 3.63) is 88.7 Å². The highest BCUT2D eigenvalue weighted by Crippen LogP contribution is 2.31. The molecule has 8 heteroatoms. The molecule has 0 aliphatic heterocycles. The van der Waals surface area contributed by atoms with E-state index >= 15 is 0 Å². The van der Waals surface area contributed by atoms with Crippen molar-refractivity contribution in [2.45, 2.75) is 34.5 Å². The molecule has 2 heterocycles. The summed E-state index contributed by atoms with van der Waals surface area (Å²) in [7, 11) is 0. The minimum absolute atomic E-state index is 0.285. The summed E-state index contributed by atoms with van der Waals surface area (Å²) >= 11 is 4.42. The summed E-state index contributed by atoms with van der Waals surface area (Å²) in [5.41, 5.74) is 2.76. The summed E-state index contributed by atoms with van der Waals surface area (Å²) in [5.74, 6) is 0.451. The van der Waals surface area contributed by atoms with Crippen LogP contribution in [0.4, 0.5) is 5.13 Å². The molecule has 0 bridgehead atoms. The number of aromatic nitrogens is 3. The third-order valence-corrected chi connectivity index (χ3v) is 7.00. The highest BCUT2D eigenvalue weighted by atomic mass is 32.2. The molecule has 0 spiro atoms. The summed E-state index contributed by atoms with van der Waals surface area (Å²) in [4.78, 5) is 29.1. The minimum Gasteiger partial charge on any atom is -0.296 e. The van der Waals surface area contributed by atoms with Crippen LogP contribution < -0.4 is 5.32 Å². The molecule has 31 heavy (non-hydrogen) atoms. The zero-order chi connectivity index (χ0) is 21.6. The van der Waals surface area contributed by atoms with Crippen LogP contribution in [-0.4, -0.2) is 20.9 Å². The number of thiazole rings is 1. The summed E-state index contributed by atoms with van der Waals surface area (Å²) in [6, 6.07) is 18.2. The Hall–Kier alpha value is -2.68. The zero-order valence-corrected chi connectivity index (χ0v) is 19.5. The van der Waals surface area contributed by atoms with Crippen molar-refractivity contribution >= 4 is 45.9 Å². The van der Waals surface area contributed by atoms with Crippen LogP contribution in [0.15, 0.2) is 81.9 Å². The molecule has 4 aromatic rings. The number of rotatable bonds is 7. The molecular weight excluding hydrogens is 444 g/mol. The van der Waals surface area contributed by atoms with Crippen molar-refractivity contribution in [1.29, 1.82) is 0 Å². The highest BCUT2D eigenvalue weighted by molar-refractivity contribution is 7.99. The van der Waals surface area contributed by atoms with Gasteiger partial charge in [-0.2, -0.15) is 0 Å². The molecule has 0 fully saturated rings. The van der Waals surface area contributed by atoms with Crippen LogP contribution in [0.3, 0.4) is 0 Å². The first-order valence-corrected chi connectivity index (χ1v) is 12.2. The largest absolute Gasteiger partial charge is 0.296 e. The van der Waals surface area contributed by atoms with Gasteiger partial charge in [-0.1, -0.05) is 71.6 Å². The SMILES string of the molecule is Cc1cccc(CSc2ncc(Sc3ccccc3)c(C(=O)Nc3ncc(C)s3)n2)c1. The maximum absolute atomic E-state index is 13.0. The third kappa shape index (κ3) is 5.94. The second kappa shape index (κ2) is 10.1. The van der Waals surface area contributed by atoms with Gasteiger partial charge in [-0.05, 0) is 31.5 Å². The Morgan fingerprint density at radius 1 is 1.03 bits per heavy atom. The first-order valence-electron chi connectivity index (χ1n) is 9.59. The zero-order valence-electron chi connectivity index (χ0n) is 17.0. The average molecular weight is 465 g/mol. The molecule has 2 aromatic carbocycles. The number of hydrogen-bond acceptors (Lipinski definition) is 7. The summed E-state index contributed by atoms with van der Waals surface area (Å²) in [5, 5.41) is 4.00. The standard InChI is InChI=1S/C23H20N4OS3/c1-15-7-6-8-17(11-15)14-29-22-25-13-19(31-18-9-4-3-5-10-18)20(26-22)21(28)27-23-24-12-16(2)30-23/h3-13H,14H2,1-2H3,(H,24,27,28). The second-order valence-corrected chi connectivity index (χ2v) is 10.1. The van der Waals surface area contributed by atoms with Gasteiger partial charge in [0.05, 0.1) is 4.90 Å². The number of thioether (sulfide) groups is 1. The molecule has 1 N–H and O–H groups in total. The van der Waals surface area contributed by atoms with Crippen LogP contribution in [0.1, 0.15) is 26.5 Å². The van der Waals surface area contributed by atoms with Gasteiger partial charge in [0.1, 0.15) is 5.69 Å². The molecule has 4 rings (SSSR count). The molecule has 0 saturated heterocycles. The molecule has 5 nitrogen and oxygen atoms in total. The molecule has 0 radical (unpaired) electrons. The molecule has 156 valence electrons. The van der Waals surface area contributed by atoms with E-state index in [2.05, 4.69) is 45.4 Å². The van der Waals surface area contributed by atoms with E-state index in [4.69, 9.17) is 0 Å². The van der Waals surface area contributed by atoms with Gasteiger partial charge in [0.25, 0.3) is 5.91 Å². The Morgan fingerprint density at radius 2 is 1.87 bits per heavy atom. The smallest absolute Gasteiger partial charge is 0.277 e. The third-order valence-electron chi connectivity index (χ3n) is 4.21. The van der Waals surface area contributed by atoms with E-state index in [-0.39, 0.29) is 5.91 Å². The Kier molecular flexibility index (Phi) is 7.01. The molecule has 0 saturated carbocycles. The summed E-state index contributed by atoms with van der Waals surface area (Å²) in [6.07, 6.45) is 3.47. The van der Waals surface area contributed by atoms with Crippen LogP contribution >= 0.6 is 34.9 Å². The number of carbonyl (C=O) groups excluding carboxylic acids is 1. The lowest BCUT2D eigenvalue weighted by atomic mass is 10.2. The fraction of sp³-hybridized carbons (Fsp3) is 0.130. The van der Waals surface area contributed by atoms with Crippen LogP contribution in [0, 0.1) is 13.8 Å². The fourth-order valence-electron chi connectivity index (χ4n) is 2.80. The van der Waals surface area contributed by atoms with Crippen molar-refractivity contribution in [2.24, 2.45) is 0 Å². The van der Waals surface area contributed by atoms with Gasteiger partial charge in [-0.3, -0.25) is 10.1 Å². The maximum atomic E-state index is 13.0. The van der Waals surface area contributed by atoms with E-state index in [0.29, 0.717) is 20.9 Å². The normalized spacial score (nSPS) is 10.8. The number of anilines is 1. The van der Waals surface area contributed by atoms with Crippen LogP contribution in [0.25, 0.3) is 0 Å². The van der Waals surface area contributed by atoms with Gasteiger partial charge in [0.2, 0.25) is 0 Å². The number of aryl methyl sites for hydroxylation is 2. The minimum atomic E-state index is -0.285. The van der Waals surface area contributed by atoms with Crippen LogP contribution in [0.5, 0.6) is 0 Å². The van der Waals surface area contributed by atoms with Gasteiger partial charge in [0.15, 0.2) is 10.3 Å². The lowest BCUT2D eigenvalue weighted by Gasteiger charge is -2.10. The quantitative estimate of drug-likeness (QED) is 0.258. The average Bonchev–Trinajstić information content (AvgIpc) is 3.18. The Morgan fingerprint density at radius 3 is 2.61 bits per heavy atom. The maximum Gasteiger partial charge on any atom is 0.277 e. The number of hydrogen-bond donors (Lipinski definition) is 1. The van der Waals surface area contributed by atoms with Gasteiger partial charge >= 0.3 is 0 Å². The molecule has 2 aromatic heterocycles. The van der Waals surface area contributed by atoms with Crippen LogP contribution in [0.2, 0.25) is 0 Å². The number of nitrogens with one attached hydrogen (secondary N) is 1. The Bertz CT molecular complexity index is 1190. The van der Waals surface area contributed by atoms with Gasteiger partial charge < -0.3 is 0 Å². The second-order valence-electron chi connectivity index (χ2n) is 6.79. The van der Waals surface area contributed by atoms with E-state index < -0.39 is 0 Å². The predicted octanol–water partition coefficient (Wildman–Crippen LogP) is 6.25. The lowest BCUT2D eigenvalue weighted by Crippen LogP contribution is -2.15. The van der Waals surface area contributed by atoms with Crippen LogP contribution in [-0.2, 0) is 5.75 Å². The molecule has 0 unspecified atom stereocenters. The first-order chi connectivity index (χ1) is 15.1. The number of amides is 1. The summed E-state index contributed by atoms with van der Waals surface area (Å²) in [6.45, 7) is 4.03. The Balaban J connectivity index is 1.58. The van der Waals surface area contributed by atoms with E-state index in [1.54, 1.807) is 12.4 Å². The van der Waals surface area contributed by atoms with Gasteiger partial charge in [0, 0.05) is 27.9 Å². The van der Waals surface area contributed by atoms with E-state index in [1.807, 2.05) is 43.3 Å². The topological polar surface area (TPSA) is 67.8 Å². The van der Waals surface area contributed by atoms with E-state index in [9.17, 15) is 4.79 Å². The predicted molar refractivity (Wildman–Crippen MR) is 128 cm³/mol. The number of benzene rings is 2. The molecule has 0 atom stereocenters. The van der Waals surface area contributed by atoms with E-state index in [0.717, 1.165) is 15.5 Å². The van der Waals surface area contributed by atoms with Crippen molar-refractivity contribution in [3.63, 3.8) is 0 Å². The molecule has 1 amide bonds. The first kappa shape index (κ1) is 21.5. The van der Waals surface area contributed by atoms with E-state index in [1.165, 1.54) is 46.0 Å². The molecule has 0 aliphatic rings. The van der Waals surface area contributed by atoms with Crippen molar-refractivity contribution in [3.8, 4) is 0 Å². The van der Waals surface area contributed by atoms with Gasteiger partial charge in [-0.15, -0.1) is 11.3 Å². The van der Waals surface area contributed by atoms with Crippen molar-refractivity contribution < 1.29 is 4.79 Å². The number of carbonyl (C=O) groups is 1. The molecular formula is C23H20N4OS3. The Labute approximate surface area is 193 Å². The summed E-state index contributed by atoms with van der Waals surface area (Å²) < 4.78 is 0. The fourth-order valence-corrected chi connectivity index (χ4v) is 5.10. The van der Waals surface area contributed by atoms with Crippen molar-refractivity contribution in [1.82, 2.24) is 15.0 Å². The van der Waals surface area contributed by atoms with Crippen molar-refractivity contribution in [2.75, 3.05) is 5.32 Å². The molecule has 0 aliphatic carbocycles. The van der Waals surface area contributed by atoms with Gasteiger partial charge in [-0.25, -0.2) is 15.0 Å².